The maximum Gasteiger partial charge on any atom is 0.273 e. The first-order valence-electron chi connectivity index (χ1n) is 10.4. The molecular formula is C23H24N4O6S. The molecule has 10 nitrogen and oxygen atoms in total. The molecule has 2 heterocycles. The van der Waals surface area contributed by atoms with E-state index in [0.29, 0.717) is 22.8 Å². The number of non-ortho nitro benzene ring substituents is 1. The third-order valence-corrected chi connectivity index (χ3v) is 5.71. The van der Waals surface area contributed by atoms with Gasteiger partial charge in [0.1, 0.15) is 23.3 Å². The molecule has 1 aromatic carbocycles. The van der Waals surface area contributed by atoms with Crippen molar-refractivity contribution in [1.82, 2.24) is 10.7 Å². The summed E-state index contributed by atoms with van der Waals surface area (Å²) in [6.45, 7) is 3.66. The highest BCUT2D eigenvalue weighted by molar-refractivity contribution is 7.10. The summed E-state index contributed by atoms with van der Waals surface area (Å²) in [5.74, 6) is 0.215. The van der Waals surface area contributed by atoms with E-state index in [-0.39, 0.29) is 23.9 Å². The number of hydrazone groups is 1. The fraction of sp³-hybridized carbons (Fsp3) is 0.261. The van der Waals surface area contributed by atoms with Gasteiger partial charge in [-0.3, -0.25) is 19.7 Å². The van der Waals surface area contributed by atoms with E-state index in [1.807, 2.05) is 31.4 Å². The van der Waals surface area contributed by atoms with Crippen LogP contribution in [-0.4, -0.2) is 36.1 Å². The van der Waals surface area contributed by atoms with Crippen molar-refractivity contribution in [3.63, 3.8) is 0 Å². The zero-order chi connectivity index (χ0) is 24.7. The molecule has 1 unspecified atom stereocenters. The highest BCUT2D eigenvalue weighted by Gasteiger charge is 2.24. The molecule has 0 saturated carbocycles. The highest BCUT2D eigenvalue weighted by Crippen LogP contribution is 2.34. The largest absolute Gasteiger partial charge is 0.496 e. The van der Waals surface area contributed by atoms with E-state index < -0.39 is 16.9 Å². The van der Waals surface area contributed by atoms with Gasteiger partial charge in [0.2, 0.25) is 5.91 Å². The van der Waals surface area contributed by atoms with Crippen molar-refractivity contribution in [3.05, 3.63) is 68.6 Å². The zero-order valence-corrected chi connectivity index (χ0v) is 19.6. The predicted molar refractivity (Wildman–Crippen MR) is 128 cm³/mol. The Morgan fingerprint density at radius 3 is 2.71 bits per heavy atom. The van der Waals surface area contributed by atoms with Crippen molar-refractivity contribution in [3.8, 4) is 17.1 Å². The van der Waals surface area contributed by atoms with Crippen LogP contribution in [0.25, 0.3) is 11.3 Å². The molecule has 3 rings (SSSR count). The average Bonchev–Trinajstić information content (AvgIpc) is 3.49. The number of benzene rings is 1. The van der Waals surface area contributed by atoms with Gasteiger partial charge in [-0.2, -0.15) is 5.10 Å². The monoisotopic (exact) mass is 484 g/mol. The van der Waals surface area contributed by atoms with Crippen LogP contribution in [0.3, 0.4) is 0 Å². The fourth-order valence-corrected chi connectivity index (χ4v) is 3.83. The predicted octanol–water partition coefficient (Wildman–Crippen LogP) is 3.76. The smallest absolute Gasteiger partial charge is 0.273 e. The first-order chi connectivity index (χ1) is 16.3. The van der Waals surface area contributed by atoms with Crippen LogP contribution in [0.15, 0.2) is 57.4 Å². The Balaban J connectivity index is 1.63. The molecule has 0 radical (unpaired) electrons. The molecule has 3 aromatic rings. The van der Waals surface area contributed by atoms with Gasteiger partial charge in [-0.1, -0.05) is 19.9 Å². The van der Waals surface area contributed by atoms with E-state index in [1.54, 1.807) is 12.1 Å². The number of amides is 2. The van der Waals surface area contributed by atoms with E-state index in [2.05, 4.69) is 15.8 Å². The minimum absolute atomic E-state index is 0.0983. The second-order valence-corrected chi connectivity index (χ2v) is 8.66. The number of methoxy groups -OCH3 is 1. The molecule has 0 aliphatic heterocycles. The molecule has 178 valence electrons. The molecule has 2 aromatic heterocycles. The molecule has 0 bridgehead atoms. The van der Waals surface area contributed by atoms with E-state index in [4.69, 9.17) is 9.15 Å². The van der Waals surface area contributed by atoms with E-state index in [9.17, 15) is 19.7 Å². The molecule has 0 spiro atoms. The first kappa shape index (κ1) is 24.6. The lowest BCUT2D eigenvalue weighted by molar-refractivity contribution is -0.384. The van der Waals surface area contributed by atoms with Gasteiger partial charge in [0.15, 0.2) is 0 Å². The summed E-state index contributed by atoms with van der Waals surface area (Å²) in [7, 11) is 1.41. The lowest BCUT2D eigenvalue weighted by atomic mass is 10.0. The van der Waals surface area contributed by atoms with Crippen LogP contribution in [0.1, 0.15) is 24.5 Å². The number of hydrogen-bond acceptors (Lipinski definition) is 8. The summed E-state index contributed by atoms with van der Waals surface area (Å²) < 4.78 is 10.9. The minimum Gasteiger partial charge on any atom is -0.496 e. The topological polar surface area (TPSA) is 136 Å². The van der Waals surface area contributed by atoms with E-state index in [0.717, 1.165) is 4.88 Å². The number of nitro groups is 1. The molecule has 0 saturated heterocycles. The average molecular weight is 485 g/mol. The molecular weight excluding hydrogens is 460 g/mol. The lowest BCUT2D eigenvalue weighted by Crippen LogP contribution is -2.49. The number of hydrogen-bond donors (Lipinski definition) is 2. The van der Waals surface area contributed by atoms with Crippen molar-refractivity contribution in [2.75, 3.05) is 7.11 Å². The Kier molecular flexibility index (Phi) is 8.14. The van der Waals surface area contributed by atoms with Crippen LogP contribution in [0.5, 0.6) is 5.75 Å². The van der Waals surface area contributed by atoms with Gasteiger partial charge in [-0.25, -0.2) is 5.43 Å². The summed E-state index contributed by atoms with van der Waals surface area (Å²) in [6, 6.07) is 10.5. The molecule has 0 fully saturated rings. The maximum atomic E-state index is 12.6. The van der Waals surface area contributed by atoms with Crippen LogP contribution >= 0.6 is 11.3 Å². The number of carbonyl (C=O) groups is 2. The summed E-state index contributed by atoms with van der Waals surface area (Å²) in [4.78, 5) is 36.2. The summed E-state index contributed by atoms with van der Waals surface area (Å²) in [5, 5.41) is 19.5. The van der Waals surface area contributed by atoms with Gasteiger partial charge in [-0.15, -0.1) is 11.3 Å². The number of carbonyl (C=O) groups excluding carboxylic acids is 2. The molecule has 0 aliphatic rings. The number of furan rings is 1. The fourth-order valence-electron chi connectivity index (χ4n) is 3.12. The van der Waals surface area contributed by atoms with E-state index in [1.165, 1.54) is 42.9 Å². The van der Waals surface area contributed by atoms with Crippen LogP contribution < -0.4 is 15.5 Å². The van der Waals surface area contributed by atoms with Crippen molar-refractivity contribution in [2.45, 2.75) is 26.3 Å². The lowest BCUT2D eigenvalue weighted by Gasteiger charge is -2.20. The van der Waals surface area contributed by atoms with E-state index >= 15 is 0 Å². The Hall–Kier alpha value is -3.99. The van der Waals surface area contributed by atoms with Crippen LogP contribution in [0.2, 0.25) is 0 Å². The number of nitrogens with one attached hydrogen (secondary N) is 2. The second-order valence-electron chi connectivity index (χ2n) is 7.62. The van der Waals surface area contributed by atoms with Gasteiger partial charge in [0.25, 0.3) is 11.6 Å². The third-order valence-electron chi connectivity index (χ3n) is 4.84. The molecule has 2 N–H and O–H groups in total. The number of nitrogens with zero attached hydrogens (tertiary/aromatic N) is 2. The summed E-state index contributed by atoms with van der Waals surface area (Å²) in [5.41, 5.74) is 2.86. The SMILES string of the molecule is COc1cc([N+](=O)[O-])ccc1-c1ccc(C=NNC(=O)C(NC(=O)Cc2cccs2)C(C)C)o1. The molecule has 2 amide bonds. The van der Waals surface area contributed by atoms with Crippen LogP contribution in [0.4, 0.5) is 5.69 Å². The number of rotatable bonds is 10. The Morgan fingerprint density at radius 2 is 2.06 bits per heavy atom. The van der Waals surface area contributed by atoms with Crippen LogP contribution in [0, 0.1) is 16.0 Å². The van der Waals surface area contributed by atoms with Crippen LogP contribution in [-0.2, 0) is 16.0 Å². The zero-order valence-electron chi connectivity index (χ0n) is 18.8. The van der Waals surface area contributed by atoms with Gasteiger partial charge in [0, 0.05) is 10.9 Å². The Morgan fingerprint density at radius 1 is 1.26 bits per heavy atom. The quantitative estimate of drug-likeness (QED) is 0.255. The van der Waals surface area contributed by atoms with Crippen molar-refractivity contribution in [1.29, 1.82) is 0 Å². The molecule has 1 atom stereocenters. The molecule has 0 aliphatic carbocycles. The Bertz CT molecular complexity index is 1190. The summed E-state index contributed by atoms with van der Waals surface area (Å²) >= 11 is 1.48. The third kappa shape index (κ3) is 6.29. The standard InChI is InChI=1S/C23H24N4O6S/c1-14(2)22(25-21(28)12-17-5-4-10-34-17)23(29)26-24-13-16-7-9-19(33-16)18-8-6-15(27(30)31)11-20(18)32-3/h4-11,13-14,22H,12H2,1-3H3,(H,25,28)(H,26,29). The number of nitro benzene ring substituents is 1. The normalized spacial score (nSPS) is 12.0. The molecule has 11 heteroatoms. The second kappa shape index (κ2) is 11.2. The van der Waals surface area contributed by atoms with Gasteiger partial charge < -0.3 is 14.5 Å². The van der Waals surface area contributed by atoms with Crippen molar-refractivity contribution in [2.24, 2.45) is 11.0 Å². The maximum absolute atomic E-state index is 12.6. The van der Waals surface area contributed by atoms with Crippen molar-refractivity contribution < 1.29 is 23.7 Å². The van der Waals surface area contributed by atoms with Gasteiger partial charge in [0.05, 0.1) is 36.3 Å². The highest BCUT2D eigenvalue weighted by atomic mass is 32.1. The van der Waals surface area contributed by atoms with Gasteiger partial charge in [-0.05, 0) is 35.6 Å². The van der Waals surface area contributed by atoms with Crippen molar-refractivity contribution >= 4 is 35.1 Å². The molecule has 34 heavy (non-hydrogen) atoms. The minimum atomic E-state index is -0.749. The number of ether oxygens (including phenoxy) is 1. The summed E-state index contributed by atoms with van der Waals surface area (Å²) in [6.07, 6.45) is 1.53. The van der Waals surface area contributed by atoms with Gasteiger partial charge >= 0.3 is 0 Å². The Labute approximate surface area is 199 Å². The first-order valence-corrected chi connectivity index (χ1v) is 11.2. The number of thiophene rings is 1.